The Morgan fingerprint density at radius 2 is 1.94 bits per heavy atom. The first-order valence-electron chi connectivity index (χ1n) is 7.79. The average molecular weight is 256 g/mol. The lowest BCUT2D eigenvalue weighted by Gasteiger charge is -2.31. The van der Waals surface area contributed by atoms with Crippen molar-refractivity contribution < 1.29 is 4.74 Å². The van der Waals surface area contributed by atoms with Gasteiger partial charge in [-0.25, -0.2) is 0 Å². The van der Waals surface area contributed by atoms with Crippen LogP contribution in [0.2, 0.25) is 0 Å². The maximum atomic E-state index is 5.96. The van der Waals surface area contributed by atoms with Crippen molar-refractivity contribution in [2.24, 2.45) is 0 Å². The molecule has 3 heteroatoms. The Balaban J connectivity index is 1.91. The molecular weight excluding hydrogens is 224 g/mol. The summed E-state index contributed by atoms with van der Waals surface area (Å²) in [6.45, 7) is 12.4. The molecule has 0 aliphatic carbocycles. The summed E-state index contributed by atoms with van der Waals surface area (Å²) >= 11 is 0. The van der Waals surface area contributed by atoms with Crippen LogP contribution in [0.15, 0.2) is 0 Å². The van der Waals surface area contributed by atoms with Gasteiger partial charge < -0.3 is 15.0 Å². The fourth-order valence-electron chi connectivity index (χ4n) is 2.48. The summed E-state index contributed by atoms with van der Waals surface area (Å²) in [4.78, 5) is 2.56. The van der Waals surface area contributed by atoms with E-state index in [1.807, 2.05) is 0 Å². The molecule has 0 unspecified atom stereocenters. The summed E-state index contributed by atoms with van der Waals surface area (Å²) in [6, 6.07) is 0.605. The largest absolute Gasteiger partial charge is 0.378 e. The highest BCUT2D eigenvalue weighted by Crippen LogP contribution is 2.14. The quantitative estimate of drug-likeness (QED) is 0.642. The van der Waals surface area contributed by atoms with Gasteiger partial charge >= 0.3 is 0 Å². The predicted octanol–water partition coefficient (Wildman–Crippen LogP) is 2.66. The molecule has 0 aromatic heterocycles. The van der Waals surface area contributed by atoms with Crippen molar-refractivity contribution in [1.29, 1.82) is 0 Å². The zero-order valence-corrected chi connectivity index (χ0v) is 12.6. The van der Waals surface area contributed by atoms with E-state index in [2.05, 4.69) is 31.0 Å². The molecule has 0 spiro atoms. The van der Waals surface area contributed by atoms with Crippen LogP contribution in [0.4, 0.5) is 0 Å². The van der Waals surface area contributed by atoms with E-state index in [1.165, 1.54) is 51.7 Å². The molecule has 0 amide bonds. The van der Waals surface area contributed by atoms with Crippen molar-refractivity contribution in [3.8, 4) is 0 Å². The highest BCUT2D eigenvalue weighted by Gasteiger charge is 2.18. The Morgan fingerprint density at radius 1 is 1.22 bits per heavy atom. The number of hydrogen-bond acceptors (Lipinski definition) is 3. The molecule has 0 bridgehead atoms. The molecule has 1 N–H and O–H groups in total. The van der Waals surface area contributed by atoms with E-state index in [0.717, 1.165) is 13.2 Å². The molecule has 108 valence electrons. The smallest absolute Gasteiger partial charge is 0.0599 e. The molecule has 1 saturated heterocycles. The number of likely N-dealkylation sites (tertiary alicyclic amines) is 1. The summed E-state index contributed by atoms with van der Waals surface area (Å²) in [5.74, 6) is 0. The second-order valence-corrected chi connectivity index (χ2v) is 5.73. The summed E-state index contributed by atoms with van der Waals surface area (Å²) in [7, 11) is 0. The van der Waals surface area contributed by atoms with Crippen molar-refractivity contribution in [2.45, 2.75) is 65.0 Å². The first-order valence-corrected chi connectivity index (χ1v) is 7.79. The Labute approximate surface area is 113 Å². The predicted molar refractivity (Wildman–Crippen MR) is 78.1 cm³/mol. The molecule has 0 radical (unpaired) electrons. The zero-order valence-electron chi connectivity index (χ0n) is 12.6. The van der Waals surface area contributed by atoms with Crippen LogP contribution in [0, 0.1) is 0 Å². The van der Waals surface area contributed by atoms with Gasteiger partial charge in [-0.2, -0.15) is 0 Å². The second-order valence-electron chi connectivity index (χ2n) is 5.73. The number of nitrogens with one attached hydrogen (secondary N) is 1. The van der Waals surface area contributed by atoms with Gasteiger partial charge in [-0.1, -0.05) is 20.8 Å². The fraction of sp³-hybridized carbons (Fsp3) is 1.00. The molecule has 0 aromatic rings. The van der Waals surface area contributed by atoms with Crippen LogP contribution in [0.3, 0.4) is 0 Å². The van der Waals surface area contributed by atoms with Gasteiger partial charge in [0.15, 0.2) is 0 Å². The number of nitrogens with zero attached hydrogens (tertiary/aromatic N) is 1. The lowest BCUT2D eigenvalue weighted by molar-refractivity contribution is 0.00611. The van der Waals surface area contributed by atoms with E-state index in [-0.39, 0.29) is 0 Å². The number of rotatable bonds is 9. The minimum absolute atomic E-state index is 0.524. The topological polar surface area (TPSA) is 24.5 Å². The van der Waals surface area contributed by atoms with E-state index < -0.39 is 0 Å². The third-order valence-electron chi connectivity index (χ3n) is 3.55. The van der Waals surface area contributed by atoms with E-state index in [9.17, 15) is 0 Å². The van der Waals surface area contributed by atoms with Crippen LogP contribution in [0.5, 0.6) is 0 Å². The number of ether oxygens (including phenoxy) is 1. The number of piperidine rings is 1. The molecule has 1 heterocycles. The van der Waals surface area contributed by atoms with Crippen LogP contribution in [-0.4, -0.2) is 49.8 Å². The van der Waals surface area contributed by atoms with Gasteiger partial charge in [0.25, 0.3) is 0 Å². The minimum Gasteiger partial charge on any atom is -0.378 e. The van der Waals surface area contributed by atoms with Crippen LogP contribution in [0.25, 0.3) is 0 Å². The summed E-state index contributed by atoms with van der Waals surface area (Å²) in [5, 5.41) is 3.44. The highest BCUT2D eigenvalue weighted by molar-refractivity contribution is 4.72. The van der Waals surface area contributed by atoms with Crippen LogP contribution < -0.4 is 5.32 Å². The van der Waals surface area contributed by atoms with Gasteiger partial charge in [0, 0.05) is 25.7 Å². The Kier molecular flexibility index (Phi) is 8.64. The number of hydrogen-bond donors (Lipinski definition) is 1. The van der Waals surface area contributed by atoms with Crippen molar-refractivity contribution in [3.63, 3.8) is 0 Å². The average Bonchev–Trinajstić information content (AvgIpc) is 2.35. The molecule has 0 aromatic carbocycles. The van der Waals surface area contributed by atoms with Crippen molar-refractivity contribution in [1.82, 2.24) is 10.2 Å². The molecule has 0 saturated carbocycles. The maximum absolute atomic E-state index is 5.96. The van der Waals surface area contributed by atoms with Gasteiger partial charge in [-0.05, 0) is 45.2 Å². The lowest BCUT2D eigenvalue weighted by Crippen LogP contribution is -2.37. The van der Waals surface area contributed by atoms with Gasteiger partial charge in [0.2, 0.25) is 0 Å². The normalized spacial score (nSPS) is 18.7. The molecule has 0 atom stereocenters. The molecule has 18 heavy (non-hydrogen) atoms. The van der Waals surface area contributed by atoms with Gasteiger partial charge in [0.05, 0.1) is 6.10 Å². The van der Waals surface area contributed by atoms with Gasteiger partial charge in [-0.15, -0.1) is 0 Å². The van der Waals surface area contributed by atoms with E-state index in [0.29, 0.717) is 12.1 Å². The van der Waals surface area contributed by atoms with Gasteiger partial charge in [0.1, 0.15) is 0 Å². The molecule has 1 aliphatic rings. The lowest BCUT2D eigenvalue weighted by atomic mass is 10.1. The van der Waals surface area contributed by atoms with Gasteiger partial charge in [-0.3, -0.25) is 0 Å². The van der Waals surface area contributed by atoms with E-state index in [4.69, 9.17) is 4.74 Å². The molecule has 1 aliphatic heterocycles. The minimum atomic E-state index is 0.524. The maximum Gasteiger partial charge on any atom is 0.0599 e. The monoisotopic (exact) mass is 256 g/mol. The van der Waals surface area contributed by atoms with E-state index >= 15 is 0 Å². The molecule has 1 fully saturated rings. The Hall–Kier alpha value is -0.120. The Bertz CT molecular complexity index is 189. The third kappa shape index (κ3) is 7.34. The van der Waals surface area contributed by atoms with Crippen LogP contribution in [0.1, 0.15) is 52.9 Å². The third-order valence-corrected chi connectivity index (χ3v) is 3.55. The van der Waals surface area contributed by atoms with Crippen LogP contribution >= 0.6 is 0 Å². The molecule has 1 rings (SSSR count). The summed E-state index contributed by atoms with van der Waals surface area (Å²) in [5.41, 5.74) is 0. The first kappa shape index (κ1) is 15.9. The zero-order chi connectivity index (χ0) is 13.2. The highest BCUT2D eigenvalue weighted by atomic mass is 16.5. The fourth-order valence-corrected chi connectivity index (χ4v) is 2.48. The van der Waals surface area contributed by atoms with E-state index in [1.54, 1.807) is 0 Å². The second kappa shape index (κ2) is 9.76. The Morgan fingerprint density at radius 3 is 2.56 bits per heavy atom. The number of unbranched alkanes of at least 4 members (excludes halogenated alkanes) is 1. The van der Waals surface area contributed by atoms with Crippen molar-refractivity contribution in [3.05, 3.63) is 0 Å². The van der Waals surface area contributed by atoms with Crippen LogP contribution in [-0.2, 0) is 4.74 Å². The van der Waals surface area contributed by atoms with Crippen molar-refractivity contribution in [2.75, 3.05) is 32.8 Å². The summed E-state index contributed by atoms with van der Waals surface area (Å²) < 4.78 is 5.96. The molecule has 3 nitrogen and oxygen atoms in total. The first-order chi connectivity index (χ1) is 8.72. The summed E-state index contributed by atoms with van der Waals surface area (Å²) in [6.07, 6.45) is 6.67. The SMILES string of the molecule is CCCN1CCC(OCCCCNC(C)C)CC1. The standard InChI is InChI=1S/C15H32N2O/c1-4-10-17-11-7-15(8-12-17)18-13-6-5-9-16-14(2)3/h14-16H,4-13H2,1-3H3. The molecular formula is C15H32N2O. The van der Waals surface area contributed by atoms with Crippen molar-refractivity contribution >= 4 is 0 Å².